The third-order valence-corrected chi connectivity index (χ3v) is 7.26. The Kier molecular flexibility index (Phi) is 6.34. The number of halogens is 1. The first-order chi connectivity index (χ1) is 16.6. The minimum Gasteiger partial charge on any atom is -0.372 e. The number of rotatable bonds is 5. The molecule has 34 heavy (non-hydrogen) atoms. The van der Waals surface area contributed by atoms with Crippen molar-refractivity contribution in [3.63, 3.8) is 0 Å². The highest BCUT2D eigenvalue weighted by molar-refractivity contribution is 6.30. The summed E-state index contributed by atoms with van der Waals surface area (Å²) in [5.41, 5.74) is 7.31. The van der Waals surface area contributed by atoms with E-state index >= 15 is 0 Å². The molecule has 2 unspecified atom stereocenters. The van der Waals surface area contributed by atoms with Gasteiger partial charge in [-0.05, 0) is 73.7 Å². The number of para-hydroxylation sites is 2. The average molecular weight is 472 g/mol. The number of carbonyl (C=O) groups is 1. The normalized spacial score (nSPS) is 19.4. The van der Waals surface area contributed by atoms with E-state index in [4.69, 9.17) is 11.6 Å². The highest BCUT2D eigenvalue weighted by Gasteiger charge is 2.36. The minimum atomic E-state index is -0.199. The van der Waals surface area contributed by atoms with Gasteiger partial charge in [0.2, 0.25) is 0 Å². The van der Waals surface area contributed by atoms with Gasteiger partial charge >= 0.3 is 0 Å². The Morgan fingerprint density at radius 2 is 1.50 bits per heavy atom. The van der Waals surface area contributed by atoms with Gasteiger partial charge in [0.25, 0.3) is 0 Å². The van der Waals surface area contributed by atoms with Crippen molar-refractivity contribution in [1.29, 1.82) is 0 Å². The Labute approximate surface area is 206 Å². The molecule has 2 aliphatic rings. The molecule has 0 spiro atoms. The summed E-state index contributed by atoms with van der Waals surface area (Å²) < 4.78 is 0. The predicted molar refractivity (Wildman–Crippen MR) is 142 cm³/mol. The van der Waals surface area contributed by atoms with E-state index < -0.39 is 0 Å². The fourth-order valence-electron chi connectivity index (χ4n) is 5.18. The van der Waals surface area contributed by atoms with Crippen LogP contribution in [0.25, 0.3) is 0 Å². The van der Waals surface area contributed by atoms with Gasteiger partial charge in [-0.25, -0.2) is 0 Å². The molecule has 0 radical (unpaired) electrons. The van der Waals surface area contributed by atoms with Crippen LogP contribution in [0.5, 0.6) is 0 Å². The number of anilines is 3. The molecule has 0 saturated heterocycles. The summed E-state index contributed by atoms with van der Waals surface area (Å²) in [5, 5.41) is 8.00. The number of benzene rings is 3. The minimum absolute atomic E-state index is 0.131. The van der Waals surface area contributed by atoms with Crippen LogP contribution in [0.3, 0.4) is 0 Å². The third kappa shape index (κ3) is 4.30. The monoisotopic (exact) mass is 471 g/mol. The quantitative estimate of drug-likeness (QED) is 0.414. The van der Waals surface area contributed by atoms with Crippen molar-refractivity contribution < 1.29 is 4.79 Å². The number of allylic oxidation sites excluding steroid dienone is 1. The second-order valence-electron chi connectivity index (χ2n) is 8.98. The van der Waals surface area contributed by atoms with Crippen LogP contribution < -0.4 is 15.5 Å². The molecule has 4 nitrogen and oxygen atoms in total. The van der Waals surface area contributed by atoms with Gasteiger partial charge in [0.15, 0.2) is 5.78 Å². The number of nitrogens with one attached hydrogen (secondary N) is 2. The molecule has 0 aromatic heterocycles. The number of fused-ring (bicyclic) bond motifs is 1. The predicted octanol–water partition coefficient (Wildman–Crippen LogP) is 7.17. The van der Waals surface area contributed by atoms with Crippen LogP contribution >= 0.6 is 11.6 Å². The van der Waals surface area contributed by atoms with Crippen molar-refractivity contribution in [1.82, 2.24) is 0 Å². The zero-order valence-corrected chi connectivity index (χ0v) is 20.4. The molecule has 174 valence electrons. The Bertz CT molecular complexity index is 1210. The molecule has 0 bridgehead atoms. The molecule has 3 aromatic rings. The van der Waals surface area contributed by atoms with Crippen molar-refractivity contribution in [2.24, 2.45) is 0 Å². The van der Waals surface area contributed by atoms with E-state index in [1.54, 1.807) is 0 Å². The second-order valence-corrected chi connectivity index (χ2v) is 9.42. The Hall–Kier alpha value is -3.24. The molecular weight excluding hydrogens is 442 g/mol. The fourth-order valence-corrected chi connectivity index (χ4v) is 5.31. The van der Waals surface area contributed by atoms with E-state index in [9.17, 15) is 4.79 Å². The lowest BCUT2D eigenvalue weighted by molar-refractivity contribution is -0.116. The van der Waals surface area contributed by atoms with Crippen molar-refractivity contribution >= 4 is 34.4 Å². The molecule has 5 rings (SSSR count). The molecule has 3 aromatic carbocycles. The Balaban J connectivity index is 1.55. The first-order valence-corrected chi connectivity index (χ1v) is 12.4. The zero-order chi connectivity index (χ0) is 23.7. The summed E-state index contributed by atoms with van der Waals surface area (Å²) in [6.07, 6.45) is 1.28. The smallest absolute Gasteiger partial charge is 0.163 e. The number of hydrogen-bond acceptors (Lipinski definition) is 4. The lowest BCUT2D eigenvalue weighted by Gasteiger charge is -2.30. The van der Waals surface area contributed by atoms with E-state index in [0.29, 0.717) is 11.4 Å². The van der Waals surface area contributed by atoms with Gasteiger partial charge in [-0.2, -0.15) is 0 Å². The van der Waals surface area contributed by atoms with Gasteiger partial charge in [-0.1, -0.05) is 48.0 Å². The summed E-state index contributed by atoms with van der Waals surface area (Å²) in [4.78, 5) is 16.0. The molecule has 0 amide bonds. The average Bonchev–Trinajstić information content (AvgIpc) is 3.02. The molecule has 5 heteroatoms. The first-order valence-electron chi connectivity index (χ1n) is 12.1. The largest absolute Gasteiger partial charge is 0.372 e. The van der Waals surface area contributed by atoms with Crippen LogP contribution in [-0.4, -0.2) is 18.9 Å². The van der Waals surface area contributed by atoms with Crippen molar-refractivity contribution in [2.75, 3.05) is 28.6 Å². The van der Waals surface area contributed by atoms with Gasteiger partial charge in [-0.15, -0.1) is 0 Å². The summed E-state index contributed by atoms with van der Waals surface area (Å²) in [6.45, 7) is 6.27. The molecule has 2 atom stereocenters. The lowest BCUT2D eigenvalue weighted by atomic mass is 9.78. The maximum atomic E-state index is 13.7. The SMILES string of the molecule is CCN(CC)c1ccc(C2Nc3ccccc3NC3=C2C(=O)CC(c2ccc(Cl)cc2)C3)cc1. The number of nitrogens with zero attached hydrogens (tertiary/aromatic N) is 1. The van der Waals surface area contributed by atoms with Crippen molar-refractivity contribution in [2.45, 2.75) is 38.6 Å². The summed E-state index contributed by atoms with van der Waals surface area (Å²) in [5.74, 6) is 0.318. The van der Waals surface area contributed by atoms with Crippen LogP contribution in [-0.2, 0) is 4.79 Å². The molecule has 1 aliphatic carbocycles. The third-order valence-electron chi connectivity index (χ3n) is 7.01. The molecule has 2 N–H and O–H groups in total. The van der Waals surface area contributed by atoms with Crippen LogP contribution in [0.1, 0.15) is 49.8 Å². The summed E-state index contributed by atoms with van der Waals surface area (Å²) in [6, 6.07) is 24.5. The maximum Gasteiger partial charge on any atom is 0.163 e. The Morgan fingerprint density at radius 3 is 2.18 bits per heavy atom. The van der Waals surface area contributed by atoms with Gasteiger partial charge in [-0.3, -0.25) is 4.79 Å². The van der Waals surface area contributed by atoms with Crippen LogP contribution in [0.2, 0.25) is 5.02 Å². The van der Waals surface area contributed by atoms with Crippen LogP contribution in [0.15, 0.2) is 84.1 Å². The van der Waals surface area contributed by atoms with Crippen molar-refractivity contribution in [3.05, 3.63) is 100 Å². The van der Waals surface area contributed by atoms with E-state index in [0.717, 1.165) is 53.3 Å². The van der Waals surface area contributed by atoms with E-state index in [-0.39, 0.29) is 17.7 Å². The van der Waals surface area contributed by atoms with Crippen LogP contribution in [0.4, 0.5) is 17.1 Å². The topological polar surface area (TPSA) is 44.4 Å². The van der Waals surface area contributed by atoms with Gasteiger partial charge in [0, 0.05) is 41.5 Å². The molecule has 1 heterocycles. The van der Waals surface area contributed by atoms with E-state index in [1.165, 1.54) is 5.69 Å². The lowest BCUT2D eigenvalue weighted by Crippen LogP contribution is -2.27. The van der Waals surface area contributed by atoms with E-state index in [2.05, 4.69) is 65.8 Å². The summed E-state index contributed by atoms with van der Waals surface area (Å²) in [7, 11) is 0. The maximum absolute atomic E-state index is 13.7. The highest BCUT2D eigenvalue weighted by atomic mass is 35.5. The summed E-state index contributed by atoms with van der Waals surface area (Å²) >= 11 is 6.10. The van der Waals surface area contributed by atoms with Crippen LogP contribution in [0, 0.1) is 0 Å². The number of Topliss-reactive ketones (excluding diaryl/α,β-unsaturated/α-hetero) is 1. The number of carbonyl (C=O) groups excluding carboxylic acids is 1. The van der Waals surface area contributed by atoms with Gasteiger partial charge in [0.05, 0.1) is 17.4 Å². The fraction of sp³-hybridized carbons (Fsp3) is 0.276. The van der Waals surface area contributed by atoms with Crippen molar-refractivity contribution in [3.8, 4) is 0 Å². The molecule has 1 aliphatic heterocycles. The zero-order valence-electron chi connectivity index (χ0n) is 19.6. The second kappa shape index (κ2) is 9.55. The first kappa shape index (κ1) is 22.5. The van der Waals surface area contributed by atoms with Gasteiger partial charge < -0.3 is 15.5 Å². The van der Waals surface area contributed by atoms with E-state index in [1.807, 2.05) is 36.4 Å². The number of ketones is 1. The molecular formula is C29H30ClN3O. The molecule has 0 saturated carbocycles. The highest BCUT2D eigenvalue weighted by Crippen LogP contribution is 2.44. The Morgan fingerprint density at radius 1 is 0.853 bits per heavy atom. The van der Waals surface area contributed by atoms with Gasteiger partial charge in [0.1, 0.15) is 0 Å². The number of hydrogen-bond donors (Lipinski definition) is 2. The standard InChI is InChI=1S/C29H30ClN3O/c1-3-33(4-2)23-15-11-20(12-16-23)29-28-26(31-24-7-5-6-8-25(24)32-29)17-21(18-27(28)34)19-9-13-22(30)14-10-19/h5-16,21,29,31-32H,3-4,17-18H2,1-2H3. The molecule has 0 fully saturated rings.